The molecule has 0 aliphatic rings. The van der Waals surface area contributed by atoms with Crippen LogP contribution in [0.4, 0.5) is 0 Å². The van der Waals surface area contributed by atoms with Gasteiger partial charge in [0.05, 0.1) is 19.3 Å². The summed E-state index contributed by atoms with van der Waals surface area (Å²) in [5, 5.41) is 19.8. The van der Waals surface area contributed by atoms with Crippen molar-refractivity contribution in [1.29, 1.82) is 5.26 Å². The third-order valence-corrected chi connectivity index (χ3v) is 2.23. The van der Waals surface area contributed by atoms with Gasteiger partial charge in [0.2, 0.25) is 5.91 Å². The van der Waals surface area contributed by atoms with Gasteiger partial charge < -0.3 is 19.9 Å². The molecule has 0 aliphatic heterocycles. The van der Waals surface area contributed by atoms with Gasteiger partial charge in [-0.05, 0) is 0 Å². The minimum atomic E-state index is -1.16. The molecular formula is C11H18N2O5. The molecule has 0 rings (SSSR count). The summed E-state index contributed by atoms with van der Waals surface area (Å²) < 4.78 is 9.69. The number of carboxylic acid groups (broad SMARTS) is 1. The second kappa shape index (κ2) is 9.39. The lowest BCUT2D eigenvalue weighted by molar-refractivity contribution is -0.144. The minimum absolute atomic E-state index is 0.0573. The van der Waals surface area contributed by atoms with Crippen LogP contribution >= 0.6 is 0 Å². The standard InChI is InChI=1S/C11H18N2O5/c1-8(3-4-12)10(11(15)16)13-9(14)7-18-6-5-17-2/h8,10H,3,5-7H2,1-2H3,(H,13,14)(H,15,16)/t8-,10+/m0/s1. The number of hydrogen-bond acceptors (Lipinski definition) is 5. The fraction of sp³-hybridized carbons (Fsp3) is 0.727. The van der Waals surface area contributed by atoms with Crippen molar-refractivity contribution in [2.45, 2.75) is 19.4 Å². The zero-order valence-corrected chi connectivity index (χ0v) is 10.5. The van der Waals surface area contributed by atoms with Gasteiger partial charge in [0.15, 0.2) is 0 Å². The predicted octanol–water partition coefficient (Wildman–Crippen LogP) is -0.231. The van der Waals surface area contributed by atoms with E-state index in [1.807, 2.05) is 6.07 Å². The van der Waals surface area contributed by atoms with Gasteiger partial charge in [0.1, 0.15) is 12.6 Å². The molecule has 0 spiro atoms. The van der Waals surface area contributed by atoms with Gasteiger partial charge in [0, 0.05) is 19.4 Å². The molecule has 0 bridgehead atoms. The average molecular weight is 258 g/mol. The molecule has 18 heavy (non-hydrogen) atoms. The first kappa shape index (κ1) is 16.4. The SMILES string of the molecule is COCCOCC(=O)N[C@@H](C(=O)O)[C@@H](C)CC#N. The molecule has 0 aromatic rings. The van der Waals surface area contributed by atoms with Gasteiger partial charge in [-0.3, -0.25) is 4.79 Å². The van der Waals surface area contributed by atoms with Gasteiger partial charge in [0.25, 0.3) is 0 Å². The first-order valence-corrected chi connectivity index (χ1v) is 5.48. The molecule has 0 heterocycles. The lowest BCUT2D eigenvalue weighted by Crippen LogP contribution is -2.46. The number of carbonyl (C=O) groups excluding carboxylic acids is 1. The number of nitriles is 1. The summed E-state index contributed by atoms with van der Waals surface area (Å²) in [5.74, 6) is -2.15. The lowest BCUT2D eigenvalue weighted by atomic mass is 9.99. The number of aliphatic carboxylic acids is 1. The largest absolute Gasteiger partial charge is 0.480 e. The predicted molar refractivity (Wildman–Crippen MR) is 61.7 cm³/mol. The molecule has 0 aromatic heterocycles. The van der Waals surface area contributed by atoms with Crippen molar-refractivity contribution < 1.29 is 24.2 Å². The summed E-state index contributed by atoms with van der Waals surface area (Å²) in [7, 11) is 1.51. The van der Waals surface area contributed by atoms with E-state index in [1.165, 1.54) is 7.11 Å². The second-order valence-corrected chi connectivity index (χ2v) is 3.77. The fourth-order valence-electron chi connectivity index (χ4n) is 1.23. The maximum absolute atomic E-state index is 11.4. The summed E-state index contributed by atoms with van der Waals surface area (Å²) in [4.78, 5) is 22.3. The number of nitrogens with zero attached hydrogens (tertiary/aromatic N) is 1. The maximum Gasteiger partial charge on any atom is 0.326 e. The van der Waals surface area contributed by atoms with Crippen molar-refractivity contribution in [3.8, 4) is 6.07 Å². The number of nitrogens with one attached hydrogen (secondary N) is 1. The van der Waals surface area contributed by atoms with Crippen molar-refractivity contribution in [1.82, 2.24) is 5.32 Å². The van der Waals surface area contributed by atoms with Crippen LogP contribution in [0.1, 0.15) is 13.3 Å². The number of hydrogen-bond donors (Lipinski definition) is 2. The smallest absolute Gasteiger partial charge is 0.326 e. The van der Waals surface area contributed by atoms with Gasteiger partial charge in [-0.15, -0.1) is 0 Å². The highest BCUT2D eigenvalue weighted by Crippen LogP contribution is 2.07. The molecule has 7 nitrogen and oxygen atoms in total. The van der Waals surface area contributed by atoms with Gasteiger partial charge in [-0.1, -0.05) is 6.92 Å². The van der Waals surface area contributed by atoms with Crippen molar-refractivity contribution in [3.63, 3.8) is 0 Å². The van der Waals surface area contributed by atoms with E-state index in [0.717, 1.165) is 0 Å². The molecule has 7 heteroatoms. The number of amides is 1. The third-order valence-electron chi connectivity index (χ3n) is 2.23. The molecule has 0 aliphatic carbocycles. The molecule has 0 radical (unpaired) electrons. The van der Waals surface area contributed by atoms with Crippen LogP contribution in [0, 0.1) is 17.2 Å². The van der Waals surface area contributed by atoms with Crippen LogP contribution in [-0.4, -0.2) is 50.0 Å². The Balaban J connectivity index is 4.13. The molecule has 0 unspecified atom stereocenters. The van der Waals surface area contributed by atoms with Crippen LogP contribution in [-0.2, 0) is 19.1 Å². The number of methoxy groups -OCH3 is 1. The highest BCUT2D eigenvalue weighted by molar-refractivity contribution is 5.84. The van der Waals surface area contributed by atoms with E-state index in [4.69, 9.17) is 19.8 Å². The molecule has 0 aromatic carbocycles. The average Bonchev–Trinajstić information content (AvgIpc) is 2.31. The van der Waals surface area contributed by atoms with Crippen LogP contribution in [0.25, 0.3) is 0 Å². The number of ether oxygens (including phenoxy) is 2. The molecule has 0 fully saturated rings. The molecule has 0 saturated heterocycles. The minimum Gasteiger partial charge on any atom is -0.480 e. The lowest BCUT2D eigenvalue weighted by Gasteiger charge is -2.19. The van der Waals surface area contributed by atoms with E-state index in [9.17, 15) is 9.59 Å². The van der Waals surface area contributed by atoms with E-state index < -0.39 is 23.8 Å². The van der Waals surface area contributed by atoms with Crippen LogP contribution < -0.4 is 5.32 Å². The summed E-state index contributed by atoms with van der Waals surface area (Å²) in [5.41, 5.74) is 0. The van der Waals surface area contributed by atoms with Crippen molar-refractivity contribution in [2.24, 2.45) is 5.92 Å². The molecule has 1 amide bonds. The highest BCUT2D eigenvalue weighted by Gasteiger charge is 2.26. The number of carboxylic acids is 1. The third kappa shape index (κ3) is 6.83. The van der Waals surface area contributed by atoms with Gasteiger partial charge >= 0.3 is 5.97 Å². The molecular weight excluding hydrogens is 240 g/mol. The Hall–Kier alpha value is -1.65. The molecule has 2 N–H and O–H groups in total. The molecule has 102 valence electrons. The summed E-state index contributed by atoms with van der Waals surface area (Å²) in [6.07, 6.45) is 0.0573. The summed E-state index contributed by atoms with van der Waals surface area (Å²) in [6.45, 7) is 1.98. The summed E-state index contributed by atoms with van der Waals surface area (Å²) >= 11 is 0. The quantitative estimate of drug-likeness (QED) is 0.553. The zero-order valence-electron chi connectivity index (χ0n) is 10.5. The van der Waals surface area contributed by atoms with E-state index in [2.05, 4.69) is 5.32 Å². The topological polar surface area (TPSA) is 109 Å². The fourth-order valence-corrected chi connectivity index (χ4v) is 1.23. The normalized spacial score (nSPS) is 13.4. The number of carbonyl (C=O) groups is 2. The first-order valence-electron chi connectivity index (χ1n) is 5.48. The molecule has 2 atom stereocenters. The van der Waals surface area contributed by atoms with Crippen molar-refractivity contribution in [3.05, 3.63) is 0 Å². The Morgan fingerprint density at radius 3 is 2.61 bits per heavy atom. The van der Waals surface area contributed by atoms with E-state index in [1.54, 1.807) is 6.92 Å². The van der Waals surface area contributed by atoms with Crippen LogP contribution in [0.15, 0.2) is 0 Å². The Morgan fingerprint density at radius 2 is 2.11 bits per heavy atom. The Morgan fingerprint density at radius 1 is 1.44 bits per heavy atom. The summed E-state index contributed by atoms with van der Waals surface area (Å²) in [6, 6.07) is 0.793. The van der Waals surface area contributed by atoms with E-state index >= 15 is 0 Å². The monoisotopic (exact) mass is 258 g/mol. The van der Waals surface area contributed by atoms with E-state index in [-0.39, 0.29) is 19.6 Å². The molecule has 0 saturated carbocycles. The van der Waals surface area contributed by atoms with Crippen LogP contribution in [0.2, 0.25) is 0 Å². The van der Waals surface area contributed by atoms with Crippen molar-refractivity contribution >= 4 is 11.9 Å². The van der Waals surface area contributed by atoms with Crippen LogP contribution in [0.5, 0.6) is 0 Å². The van der Waals surface area contributed by atoms with Crippen LogP contribution in [0.3, 0.4) is 0 Å². The highest BCUT2D eigenvalue weighted by atomic mass is 16.5. The van der Waals surface area contributed by atoms with Gasteiger partial charge in [-0.25, -0.2) is 4.79 Å². The van der Waals surface area contributed by atoms with Crippen molar-refractivity contribution in [2.75, 3.05) is 26.9 Å². The second-order valence-electron chi connectivity index (χ2n) is 3.77. The Labute approximate surface area is 106 Å². The zero-order chi connectivity index (χ0) is 14.0. The maximum atomic E-state index is 11.4. The Kier molecular flexibility index (Phi) is 8.53. The first-order chi connectivity index (χ1) is 8.52. The van der Waals surface area contributed by atoms with Gasteiger partial charge in [-0.2, -0.15) is 5.26 Å². The number of rotatable bonds is 9. The van der Waals surface area contributed by atoms with E-state index in [0.29, 0.717) is 6.61 Å². The Bertz CT molecular complexity index is 313.